The summed E-state index contributed by atoms with van der Waals surface area (Å²) in [6.45, 7) is 2.15. The Kier molecular flexibility index (Phi) is 3.45. The first-order chi connectivity index (χ1) is 11.6. The van der Waals surface area contributed by atoms with Gasteiger partial charge in [0.1, 0.15) is 6.61 Å². The quantitative estimate of drug-likeness (QED) is 0.798. The van der Waals surface area contributed by atoms with E-state index in [0.717, 1.165) is 16.8 Å². The number of esters is 1. The first kappa shape index (κ1) is 14.7. The van der Waals surface area contributed by atoms with Gasteiger partial charge in [-0.15, -0.1) is 0 Å². The lowest BCUT2D eigenvalue weighted by Crippen LogP contribution is -2.37. The van der Waals surface area contributed by atoms with E-state index in [1.165, 1.54) is 0 Å². The van der Waals surface area contributed by atoms with Gasteiger partial charge in [-0.1, -0.05) is 48.0 Å². The molecule has 0 saturated heterocycles. The van der Waals surface area contributed by atoms with E-state index in [9.17, 15) is 9.59 Å². The average molecular weight is 319 g/mol. The van der Waals surface area contributed by atoms with Gasteiger partial charge in [-0.25, -0.2) is 4.79 Å². The molecule has 2 aromatic rings. The van der Waals surface area contributed by atoms with Crippen LogP contribution in [0.15, 0.2) is 65.9 Å². The minimum Gasteiger partial charge on any atom is -0.456 e. The molecule has 0 N–H and O–H groups in total. The van der Waals surface area contributed by atoms with Crippen LogP contribution >= 0.6 is 0 Å². The maximum atomic E-state index is 12.8. The van der Waals surface area contributed by atoms with E-state index in [1.54, 1.807) is 4.90 Å². The second-order valence-electron chi connectivity index (χ2n) is 6.17. The Morgan fingerprint density at radius 3 is 2.42 bits per heavy atom. The summed E-state index contributed by atoms with van der Waals surface area (Å²) >= 11 is 0. The zero-order chi connectivity index (χ0) is 16.7. The summed E-state index contributed by atoms with van der Waals surface area (Å²) in [5.41, 5.74) is 4.16. The normalized spacial score (nSPS) is 20.2. The number of rotatable bonds is 2. The van der Waals surface area contributed by atoms with Gasteiger partial charge < -0.3 is 4.74 Å². The first-order valence-electron chi connectivity index (χ1n) is 8.00. The van der Waals surface area contributed by atoms with E-state index >= 15 is 0 Å². The van der Waals surface area contributed by atoms with Crippen molar-refractivity contribution < 1.29 is 14.3 Å². The third-order valence-electron chi connectivity index (χ3n) is 4.61. The van der Waals surface area contributed by atoms with Crippen molar-refractivity contribution in [2.45, 2.75) is 19.3 Å². The number of carbonyl (C=O) groups excluding carboxylic acids is 2. The summed E-state index contributed by atoms with van der Waals surface area (Å²) in [6, 6.07) is 17.4. The number of anilines is 1. The second-order valence-corrected chi connectivity index (χ2v) is 6.17. The zero-order valence-electron chi connectivity index (χ0n) is 13.4. The number of benzene rings is 2. The fraction of sp³-hybridized carbons (Fsp3) is 0.200. The van der Waals surface area contributed by atoms with Gasteiger partial charge in [-0.2, -0.15) is 0 Å². The summed E-state index contributed by atoms with van der Waals surface area (Å²) in [7, 11) is 0. The molecule has 120 valence electrons. The fourth-order valence-electron chi connectivity index (χ4n) is 3.42. The molecule has 0 spiro atoms. The number of hydrogen-bond acceptors (Lipinski definition) is 3. The minimum absolute atomic E-state index is 0.00949. The predicted molar refractivity (Wildman–Crippen MR) is 90.5 cm³/mol. The van der Waals surface area contributed by atoms with E-state index < -0.39 is 0 Å². The van der Waals surface area contributed by atoms with Crippen molar-refractivity contribution in [2.75, 3.05) is 11.5 Å². The van der Waals surface area contributed by atoms with Gasteiger partial charge in [0.25, 0.3) is 0 Å². The van der Waals surface area contributed by atoms with Crippen molar-refractivity contribution >= 4 is 17.6 Å². The Balaban J connectivity index is 1.83. The maximum absolute atomic E-state index is 12.8. The Morgan fingerprint density at radius 2 is 1.71 bits per heavy atom. The highest BCUT2D eigenvalue weighted by Gasteiger charge is 2.42. The van der Waals surface area contributed by atoms with Crippen molar-refractivity contribution in [1.29, 1.82) is 0 Å². The Morgan fingerprint density at radius 1 is 1.00 bits per heavy atom. The molecule has 0 aliphatic carbocycles. The molecule has 2 heterocycles. The van der Waals surface area contributed by atoms with E-state index in [0.29, 0.717) is 11.3 Å². The van der Waals surface area contributed by atoms with Crippen LogP contribution in [0, 0.1) is 6.92 Å². The highest BCUT2D eigenvalue weighted by atomic mass is 16.5. The molecule has 4 rings (SSSR count). The maximum Gasteiger partial charge on any atom is 0.336 e. The van der Waals surface area contributed by atoms with Gasteiger partial charge in [-0.05, 0) is 24.6 Å². The topological polar surface area (TPSA) is 46.6 Å². The van der Waals surface area contributed by atoms with Gasteiger partial charge in [0, 0.05) is 18.0 Å². The molecule has 4 heteroatoms. The molecule has 0 aromatic heterocycles. The Bertz CT molecular complexity index is 837. The number of carbonyl (C=O) groups is 2. The SMILES string of the molecule is Cc1ccc(N2C(=O)CC(c3ccccc3)C3=C2COC3=O)cc1. The van der Waals surface area contributed by atoms with Crippen LogP contribution in [0.2, 0.25) is 0 Å². The largest absolute Gasteiger partial charge is 0.456 e. The van der Waals surface area contributed by atoms with Crippen LogP contribution in [-0.2, 0) is 14.3 Å². The molecular formula is C20H17NO3. The van der Waals surface area contributed by atoms with Gasteiger partial charge in [0.15, 0.2) is 0 Å². The second kappa shape index (κ2) is 5.64. The lowest BCUT2D eigenvalue weighted by molar-refractivity contribution is -0.136. The number of amides is 1. The van der Waals surface area contributed by atoms with Crippen LogP contribution in [0.25, 0.3) is 0 Å². The fourth-order valence-corrected chi connectivity index (χ4v) is 3.42. The zero-order valence-corrected chi connectivity index (χ0v) is 13.4. The molecule has 0 fully saturated rings. The molecule has 1 unspecified atom stereocenters. The molecule has 0 radical (unpaired) electrons. The van der Waals surface area contributed by atoms with Crippen molar-refractivity contribution in [3.63, 3.8) is 0 Å². The summed E-state index contributed by atoms with van der Waals surface area (Å²) in [4.78, 5) is 26.8. The molecule has 4 nitrogen and oxygen atoms in total. The predicted octanol–water partition coefficient (Wildman–Crippen LogP) is 3.33. The molecule has 2 aliphatic rings. The van der Waals surface area contributed by atoms with Crippen molar-refractivity contribution in [2.24, 2.45) is 0 Å². The standard InChI is InChI=1S/C20H17NO3/c1-13-7-9-15(10-8-13)21-17-12-24-20(23)19(17)16(11-18(21)22)14-5-3-2-4-6-14/h2-10,16H,11-12H2,1H3. The number of ether oxygens (including phenoxy) is 1. The lowest BCUT2D eigenvalue weighted by atomic mass is 9.84. The van der Waals surface area contributed by atoms with Gasteiger partial charge >= 0.3 is 5.97 Å². The van der Waals surface area contributed by atoms with E-state index in [2.05, 4.69) is 0 Å². The average Bonchev–Trinajstić information content (AvgIpc) is 2.98. The number of aryl methyl sites for hydroxylation is 1. The molecule has 2 aromatic carbocycles. The van der Waals surface area contributed by atoms with E-state index in [1.807, 2.05) is 61.5 Å². The molecular weight excluding hydrogens is 302 g/mol. The third kappa shape index (κ3) is 2.31. The van der Waals surface area contributed by atoms with Crippen LogP contribution in [-0.4, -0.2) is 18.5 Å². The molecule has 2 aliphatic heterocycles. The number of hydrogen-bond donors (Lipinski definition) is 0. The Hall–Kier alpha value is -2.88. The first-order valence-corrected chi connectivity index (χ1v) is 8.00. The van der Waals surface area contributed by atoms with E-state index in [4.69, 9.17) is 4.74 Å². The lowest BCUT2D eigenvalue weighted by Gasteiger charge is -2.31. The van der Waals surface area contributed by atoms with Crippen molar-refractivity contribution in [3.8, 4) is 0 Å². The van der Waals surface area contributed by atoms with E-state index in [-0.39, 0.29) is 30.8 Å². The molecule has 1 amide bonds. The number of nitrogens with zero attached hydrogens (tertiary/aromatic N) is 1. The summed E-state index contributed by atoms with van der Waals surface area (Å²) in [6.07, 6.45) is 0.270. The van der Waals surface area contributed by atoms with Crippen LogP contribution in [0.3, 0.4) is 0 Å². The monoisotopic (exact) mass is 319 g/mol. The molecule has 0 saturated carbocycles. The third-order valence-corrected chi connectivity index (χ3v) is 4.61. The highest BCUT2D eigenvalue weighted by molar-refractivity contribution is 6.06. The Labute approximate surface area is 140 Å². The van der Waals surface area contributed by atoms with Gasteiger partial charge in [-0.3, -0.25) is 9.69 Å². The van der Waals surface area contributed by atoms with Crippen LogP contribution in [0.5, 0.6) is 0 Å². The summed E-state index contributed by atoms with van der Waals surface area (Å²) < 4.78 is 5.27. The molecule has 0 bridgehead atoms. The van der Waals surface area contributed by atoms with Crippen LogP contribution in [0.4, 0.5) is 5.69 Å². The number of cyclic esters (lactones) is 1. The van der Waals surface area contributed by atoms with Crippen molar-refractivity contribution in [3.05, 3.63) is 77.0 Å². The van der Waals surface area contributed by atoms with Crippen molar-refractivity contribution in [1.82, 2.24) is 0 Å². The van der Waals surface area contributed by atoms with Crippen LogP contribution < -0.4 is 4.90 Å². The summed E-state index contributed by atoms with van der Waals surface area (Å²) in [5.74, 6) is -0.557. The van der Waals surface area contributed by atoms with Crippen LogP contribution in [0.1, 0.15) is 23.5 Å². The molecule has 1 atom stereocenters. The van der Waals surface area contributed by atoms with Gasteiger partial charge in [0.2, 0.25) is 5.91 Å². The molecule has 24 heavy (non-hydrogen) atoms. The smallest absolute Gasteiger partial charge is 0.336 e. The summed E-state index contributed by atoms with van der Waals surface area (Å²) in [5, 5.41) is 0. The minimum atomic E-state index is -0.316. The van der Waals surface area contributed by atoms with Gasteiger partial charge in [0.05, 0.1) is 11.3 Å². The highest BCUT2D eigenvalue weighted by Crippen LogP contribution is 2.41.